The molecule has 13 heteroatoms. The monoisotopic (exact) mass is 377 g/mol. The highest BCUT2D eigenvalue weighted by Crippen LogP contribution is 2.39. The number of nitrogens with zero attached hydrogens (tertiary/aromatic N) is 6. The lowest BCUT2D eigenvalue weighted by molar-refractivity contribution is 0.289. The molecule has 0 bridgehead atoms. The van der Waals surface area contributed by atoms with Crippen molar-refractivity contribution < 1.29 is 9.47 Å². The van der Waals surface area contributed by atoms with Crippen molar-refractivity contribution in [1.82, 2.24) is 10.6 Å². The molecular formula is C14H23N11O2. The van der Waals surface area contributed by atoms with E-state index in [1.807, 2.05) is 19.9 Å². The summed E-state index contributed by atoms with van der Waals surface area (Å²) in [6.07, 6.45) is 0.279. The predicted molar refractivity (Wildman–Crippen MR) is 96.4 cm³/mol. The summed E-state index contributed by atoms with van der Waals surface area (Å²) < 4.78 is 11.4. The van der Waals surface area contributed by atoms with Crippen LogP contribution in [0.5, 0.6) is 11.5 Å². The van der Waals surface area contributed by atoms with E-state index >= 15 is 0 Å². The highest BCUT2D eigenvalue weighted by atomic mass is 16.5. The quantitative estimate of drug-likeness (QED) is 0.269. The van der Waals surface area contributed by atoms with Crippen molar-refractivity contribution in [2.24, 2.45) is 48.5 Å². The SMILES string of the molecule is COc1cc(C(C)C)c(OC2=CNC(N=NN)NC2N=NN)cc1N=NN. The van der Waals surface area contributed by atoms with Crippen molar-refractivity contribution in [3.63, 3.8) is 0 Å². The molecular weight excluding hydrogens is 354 g/mol. The van der Waals surface area contributed by atoms with Crippen molar-refractivity contribution in [3.05, 3.63) is 29.7 Å². The van der Waals surface area contributed by atoms with Crippen LogP contribution in [-0.2, 0) is 0 Å². The van der Waals surface area contributed by atoms with Crippen LogP contribution in [0.1, 0.15) is 25.3 Å². The lowest BCUT2D eigenvalue weighted by atomic mass is 10.0. The van der Waals surface area contributed by atoms with E-state index in [2.05, 4.69) is 41.6 Å². The molecule has 0 saturated heterocycles. The Kier molecular flexibility index (Phi) is 6.82. The van der Waals surface area contributed by atoms with Gasteiger partial charge in [0.05, 0.1) is 7.11 Å². The second-order valence-electron chi connectivity index (χ2n) is 5.68. The summed E-state index contributed by atoms with van der Waals surface area (Å²) in [5.41, 5.74) is 1.31. The van der Waals surface area contributed by atoms with Crippen LogP contribution in [-0.4, -0.2) is 19.6 Å². The van der Waals surface area contributed by atoms with Crippen LogP contribution in [0, 0.1) is 0 Å². The van der Waals surface area contributed by atoms with E-state index in [4.69, 9.17) is 27.0 Å². The molecule has 1 aliphatic rings. The summed E-state index contributed by atoms with van der Waals surface area (Å²) in [6, 6.07) is 3.49. The van der Waals surface area contributed by atoms with Crippen LogP contribution < -0.4 is 37.6 Å². The van der Waals surface area contributed by atoms with Gasteiger partial charge >= 0.3 is 0 Å². The second-order valence-corrected chi connectivity index (χ2v) is 5.68. The van der Waals surface area contributed by atoms with Gasteiger partial charge in [0, 0.05) is 17.8 Å². The average Bonchev–Trinajstić information content (AvgIpc) is 2.64. The maximum Gasteiger partial charge on any atom is 0.197 e. The third kappa shape index (κ3) is 4.78. The molecule has 0 radical (unpaired) electrons. The van der Waals surface area contributed by atoms with E-state index in [0.717, 1.165) is 5.56 Å². The minimum Gasteiger partial charge on any atom is -0.494 e. The summed E-state index contributed by atoms with van der Waals surface area (Å²) in [4.78, 5) is 0. The maximum atomic E-state index is 6.05. The number of nitrogens with two attached hydrogens (primary N) is 3. The summed E-state index contributed by atoms with van der Waals surface area (Å²) in [6.45, 7) is 4.04. The zero-order chi connectivity index (χ0) is 19.8. The van der Waals surface area contributed by atoms with Crippen LogP contribution in [0.25, 0.3) is 0 Å². The Morgan fingerprint density at radius 2 is 1.78 bits per heavy atom. The fourth-order valence-electron chi connectivity index (χ4n) is 2.43. The molecule has 27 heavy (non-hydrogen) atoms. The standard InChI is InChI=1S/C14H23N11O2/c1-7(2)8-4-11(26-3)9(20-23-15)5-10(8)27-12-6-18-14(22-25-17)19-13(12)21-24-16/h4-7,13-14,18-19H,1-3H3,(H2,15,20)(H2,16,21)(H2,17,22). The Hall–Kier alpha value is -3.48. The molecule has 146 valence electrons. The maximum absolute atomic E-state index is 6.05. The van der Waals surface area contributed by atoms with Crippen molar-refractivity contribution in [2.75, 3.05) is 7.11 Å². The molecule has 1 heterocycles. The summed E-state index contributed by atoms with van der Waals surface area (Å²) in [5, 5.41) is 27.3. The molecule has 0 spiro atoms. The second kappa shape index (κ2) is 9.28. The van der Waals surface area contributed by atoms with E-state index in [1.54, 1.807) is 12.3 Å². The van der Waals surface area contributed by atoms with Gasteiger partial charge in [-0.2, -0.15) is 0 Å². The highest BCUT2D eigenvalue weighted by molar-refractivity contribution is 5.59. The molecule has 2 atom stereocenters. The average molecular weight is 377 g/mol. The number of rotatable bonds is 7. The largest absolute Gasteiger partial charge is 0.494 e. The lowest BCUT2D eigenvalue weighted by Crippen LogP contribution is -2.49. The number of hydrogen-bond acceptors (Lipinski definition) is 10. The van der Waals surface area contributed by atoms with Crippen molar-refractivity contribution >= 4 is 5.69 Å². The zero-order valence-electron chi connectivity index (χ0n) is 15.2. The van der Waals surface area contributed by atoms with Gasteiger partial charge in [-0.15, -0.1) is 15.3 Å². The normalized spacial score (nSPS) is 20.4. The fourth-order valence-corrected chi connectivity index (χ4v) is 2.43. The molecule has 8 N–H and O–H groups in total. The van der Waals surface area contributed by atoms with E-state index < -0.39 is 12.5 Å². The minimum absolute atomic E-state index is 0.135. The molecule has 2 unspecified atom stereocenters. The van der Waals surface area contributed by atoms with Gasteiger partial charge in [0.15, 0.2) is 18.2 Å². The van der Waals surface area contributed by atoms with Crippen LogP contribution in [0.3, 0.4) is 0 Å². The number of ether oxygens (including phenoxy) is 2. The van der Waals surface area contributed by atoms with Gasteiger partial charge in [0.25, 0.3) is 0 Å². The number of benzene rings is 1. The van der Waals surface area contributed by atoms with E-state index in [9.17, 15) is 0 Å². The van der Waals surface area contributed by atoms with Crippen LogP contribution in [0.15, 0.2) is 55.1 Å². The topological polar surface area (TPSA) is 195 Å². The number of methoxy groups -OCH3 is 1. The van der Waals surface area contributed by atoms with Gasteiger partial charge in [0.1, 0.15) is 17.2 Å². The first-order chi connectivity index (χ1) is 13.0. The smallest absolute Gasteiger partial charge is 0.197 e. The molecule has 0 fully saturated rings. The molecule has 0 amide bonds. The van der Waals surface area contributed by atoms with E-state index in [0.29, 0.717) is 22.9 Å². The summed E-state index contributed by atoms with van der Waals surface area (Å²) in [5.74, 6) is 17.0. The first-order valence-corrected chi connectivity index (χ1v) is 7.97. The minimum atomic E-state index is -0.701. The molecule has 0 aromatic heterocycles. The Labute approximate surface area is 155 Å². The molecule has 0 saturated carbocycles. The predicted octanol–water partition coefficient (Wildman–Crippen LogP) is 1.45. The van der Waals surface area contributed by atoms with Crippen molar-refractivity contribution in [3.8, 4) is 11.5 Å². The Morgan fingerprint density at radius 3 is 2.37 bits per heavy atom. The zero-order valence-corrected chi connectivity index (χ0v) is 15.2. The van der Waals surface area contributed by atoms with Gasteiger partial charge in [0.2, 0.25) is 0 Å². The van der Waals surface area contributed by atoms with E-state index in [-0.39, 0.29) is 5.92 Å². The number of hydrogen-bond donors (Lipinski definition) is 5. The third-order valence-electron chi connectivity index (χ3n) is 3.66. The molecule has 2 rings (SSSR count). The molecule has 0 aliphatic carbocycles. The Morgan fingerprint density at radius 1 is 1.04 bits per heavy atom. The molecule has 1 aromatic carbocycles. The van der Waals surface area contributed by atoms with Crippen LogP contribution >= 0.6 is 0 Å². The van der Waals surface area contributed by atoms with Gasteiger partial charge in [-0.3, -0.25) is 0 Å². The Balaban J connectivity index is 2.42. The number of nitrogens with one attached hydrogen (secondary N) is 2. The first kappa shape index (κ1) is 19.8. The summed E-state index contributed by atoms with van der Waals surface area (Å²) in [7, 11) is 1.54. The first-order valence-electron chi connectivity index (χ1n) is 7.97. The molecule has 1 aromatic rings. The van der Waals surface area contributed by atoms with Gasteiger partial charge in [-0.25, -0.2) is 5.32 Å². The molecule has 1 aliphatic heterocycles. The highest BCUT2D eigenvalue weighted by Gasteiger charge is 2.26. The van der Waals surface area contributed by atoms with Crippen LogP contribution in [0.2, 0.25) is 0 Å². The van der Waals surface area contributed by atoms with E-state index in [1.165, 1.54) is 7.11 Å². The van der Waals surface area contributed by atoms with Crippen molar-refractivity contribution in [2.45, 2.75) is 32.2 Å². The fraction of sp³-hybridized carbons (Fsp3) is 0.429. The van der Waals surface area contributed by atoms with Crippen molar-refractivity contribution in [1.29, 1.82) is 0 Å². The van der Waals surface area contributed by atoms with Gasteiger partial charge in [-0.1, -0.05) is 29.5 Å². The lowest BCUT2D eigenvalue weighted by Gasteiger charge is -2.27. The van der Waals surface area contributed by atoms with Crippen LogP contribution in [0.4, 0.5) is 5.69 Å². The Bertz CT molecular complexity index is 760. The van der Waals surface area contributed by atoms with Gasteiger partial charge < -0.3 is 32.3 Å². The van der Waals surface area contributed by atoms with Gasteiger partial charge in [-0.05, 0) is 12.0 Å². The molecule has 13 nitrogen and oxygen atoms in total. The third-order valence-corrected chi connectivity index (χ3v) is 3.66. The summed E-state index contributed by atoms with van der Waals surface area (Å²) >= 11 is 0.